The van der Waals surface area contributed by atoms with Crippen LogP contribution in [0.3, 0.4) is 0 Å². The van der Waals surface area contributed by atoms with Crippen LogP contribution in [0.5, 0.6) is 0 Å². The second-order valence-corrected chi connectivity index (χ2v) is 10.7. The first-order valence-corrected chi connectivity index (χ1v) is 12.6. The maximum absolute atomic E-state index is 14.1. The van der Waals surface area contributed by atoms with E-state index in [1.807, 2.05) is 12.3 Å². The molecule has 0 amide bonds. The van der Waals surface area contributed by atoms with Crippen molar-refractivity contribution < 1.29 is 40.6 Å². The fourth-order valence-electron chi connectivity index (χ4n) is 4.26. The highest BCUT2D eigenvalue weighted by atomic mass is 32.2. The fraction of sp³-hybridized carbons (Fsp3) is 0.478. The number of aromatic nitrogens is 1. The third-order valence-electron chi connectivity index (χ3n) is 6.13. The van der Waals surface area contributed by atoms with Gasteiger partial charge in [0.05, 0.1) is 13.2 Å². The van der Waals surface area contributed by atoms with E-state index < -0.39 is 28.0 Å². The molecule has 2 aliphatic heterocycles. The molecule has 8 nitrogen and oxygen atoms in total. The largest absolute Gasteiger partial charge is 0.490 e. The van der Waals surface area contributed by atoms with Gasteiger partial charge in [-0.2, -0.15) is 17.5 Å². The zero-order valence-corrected chi connectivity index (χ0v) is 20.1. The maximum atomic E-state index is 14.1. The number of pyridine rings is 1. The van der Waals surface area contributed by atoms with E-state index >= 15 is 0 Å². The Morgan fingerprint density at radius 1 is 1.11 bits per heavy atom. The Bertz CT molecular complexity index is 1120. The Balaban J connectivity index is 0.000000454. The van der Waals surface area contributed by atoms with Crippen molar-refractivity contribution in [1.82, 2.24) is 14.2 Å². The van der Waals surface area contributed by atoms with Crippen molar-refractivity contribution in [3.63, 3.8) is 0 Å². The first kappa shape index (κ1) is 28.0. The highest BCUT2D eigenvalue weighted by molar-refractivity contribution is 7.89. The number of alkyl halides is 3. The Morgan fingerprint density at radius 3 is 2.36 bits per heavy atom. The number of carboxylic acids is 1. The summed E-state index contributed by atoms with van der Waals surface area (Å²) in [6.07, 6.45) is -0.0429. The van der Waals surface area contributed by atoms with Crippen LogP contribution in [0, 0.1) is 11.2 Å². The number of carbonyl (C=O) groups is 1. The molecular formula is C23H27F4N3O5S. The molecule has 4 rings (SSSR count). The van der Waals surface area contributed by atoms with Crippen LogP contribution in [0.2, 0.25) is 0 Å². The van der Waals surface area contributed by atoms with Crippen molar-refractivity contribution in [3.05, 3.63) is 60.2 Å². The Labute approximate surface area is 206 Å². The number of aliphatic carboxylic acids is 1. The molecule has 2 aliphatic rings. The average molecular weight is 534 g/mol. The van der Waals surface area contributed by atoms with Crippen LogP contribution in [0.1, 0.15) is 18.4 Å². The van der Waals surface area contributed by atoms with Gasteiger partial charge in [0.25, 0.3) is 0 Å². The molecule has 13 heteroatoms. The number of hydrogen-bond acceptors (Lipinski definition) is 6. The van der Waals surface area contributed by atoms with Gasteiger partial charge in [0, 0.05) is 50.5 Å². The lowest BCUT2D eigenvalue weighted by Gasteiger charge is -2.42. The van der Waals surface area contributed by atoms with Crippen LogP contribution in [-0.4, -0.2) is 79.3 Å². The SMILES string of the molecule is O=C(O)C(F)(F)F.O=S(=O)(c1ccccc1F)N1CCC2(CC1)COCCN(Cc1cccnc1)C2. The van der Waals surface area contributed by atoms with Gasteiger partial charge in [-0.05, 0) is 36.6 Å². The van der Waals surface area contributed by atoms with E-state index in [4.69, 9.17) is 14.6 Å². The zero-order valence-electron chi connectivity index (χ0n) is 19.3. The molecule has 0 bridgehead atoms. The lowest BCUT2D eigenvalue weighted by molar-refractivity contribution is -0.192. The monoisotopic (exact) mass is 533 g/mol. The number of benzene rings is 1. The molecule has 2 fully saturated rings. The van der Waals surface area contributed by atoms with E-state index in [-0.39, 0.29) is 10.3 Å². The number of piperidine rings is 1. The minimum absolute atomic E-state index is 0.0834. The van der Waals surface area contributed by atoms with Gasteiger partial charge in [0.15, 0.2) is 0 Å². The Morgan fingerprint density at radius 2 is 1.78 bits per heavy atom. The molecule has 1 N–H and O–H groups in total. The Kier molecular flexibility index (Phi) is 9.03. The standard InChI is InChI=1S/C21H26FN3O3S.C2HF3O2/c22-19-5-1-2-6-20(19)29(26,27)25-10-7-21(8-11-25)16-24(12-13-28-17-21)15-18-4-3-9-23-14-18;3-2(4,5)1(6)7/h1-6,9,14H,7-8,10-13,15-17H2;(H,6,7). The van der Waals surface area contributed by atoms with E-state index in [1.54, 1.807) is 12.3 Å². The molecule has 0 unspecified atom stereocenters. The molecule has 0 radical (unpaired) electrons. The predicted octanol–water partition coefficient (Wildman–Crippen LogP) is 3.16. The molecule has 0 aliphatic carbocycles. The number of nitrogens with zero attached hydrogens (tertiary/aromatic N) is 3. The molecule has 36 heavy (non-hydrogen) atoms. The lowest BCUT2D eigenvalue weighted by Crippen LogP contribution is -2.48. The maximum Gasteiger partial charge on any atom is 0.490 e. The van der Waals surface area contributed by atoms with Crippen LogP contribution in [-0.2, 0) is 26.1 Å². The minimum atomic E-state index is -5.08. The molecule has 1 aromatic carbocycles. The molecule has 3 heterocycles. The molecule has 2 saturated heterocycles. The molecular weight excluding hydrogens is 506 g/mol. The predicted molar refractivity (Wildman–Crippen MR) is 121 cm³/mol. The fourth-order valence-corrected chi connectivity index (χ4v) is 5.77. The van der Waals surface area contributed by atoms with Crippen LogP contribution in [0.25, 0.3) is 0 Å². The van der Waals surface area contributed by atoms with Crippen LogP contribution < -0.4 is 0 Å². The lowest BCUT2D eigenvalue weighted by atomic mass is 9.79. The van der Waals surface area contributed by atoms with Crippen molar-refractivity contribution >= 4 is 16.0 Å². The van der Waals surface area contributed by atoms with E-state index in [2.05, 4.69) is 16.0 Å². The summed E-state index contributed by atoms with van der Waals surface area (Å²) in [4.78, 5) is 15.2. The van der Waals surface area contributed by atoms with E-state index in [0.29, 0.717) is 39.1 Å². The quantitative estimate of drug-likeness (QED) is 0.603. The number of hydrogen-bond donors (Lipinski definition) is 1. The Hall–Kier alpha value is -2.61. The molecule has 198 valence electrons. The topological polar surface area (TPSA) is 100 Å². The van der Waals surface area contributed by atoms with Crippen LogP contribution >= 0.6 is 0 Å². The summed E-state index contributed by atoms with van der Waals surface area (Å²) in [7, 11) is -3.82. The highest BCUT2D eigenvalue weighted by Gasteiger charge is 2.41. The zero-order chi connectivity index (χ0) is 26.4. The van der Waals surface area contributed by atoms with E-state index in [1.165, 1.54) is 22.5 Å². The number of sulfonamides is 1. The summed E-state index contributed by atoms with van der Waals surface area (Å²) in [5.74, 6) is -3.46. The minimum Gasteiger partial charge on any atom is -0.475 e. The second-order valence-electron chi connectivity index (χ2n) is 8.76. The van der Waals surface area contributed by atoms with Gasteiger partial charge in [-0.3, -0.25) is 9.88 Å². The summed E-state index contributed by atoms with van der Waals surface area (Å²) in [5, 5.41) is 7.12. The summed E-state index contributed by atoms with van der Waals surface area (Å²) in [6, 6.07) is 9.57. The highest BCUT2D eigenvalue weighted by Crippen LogP contribution is 2.36. The van der Waals surface area contributed by atoms with Crippen LogP contribution in [0.4, 0.5) is 17.6 Å². The first-order chi connectivity index (χ1) is 16.9. The van der Waals surface area contributed by atoms with Crippen molar-refractivity contribution in [2.45, 2.75) is 30.5 Å². The van der Waals surface area contributed by atoms with Gasteiger partial charge in [0.1, 0.15) is 10.7 Å². The number of halogens is 4. The number of ether oxygens (including phenoxy) is 1. The van der Waals surface area contributed by atoms with Crippen molar-refractivity contribution in [3.8, 4) is 0 Å². The summed E-state index contributed by atoms with van der Waals surface area (Å²) < 4.78 is 78.9. The van der Waals surface area contributed by atoms with Crippen LogP contribution in [0.15, 0.2) is 53.7 Å². The van der Waals surface area contributed by atoms with Gasteiger partial charge in [-0.1, -0.05) is 18.2 Å². The van der Waals surface area contributed by atoms with Crippen molar-refractivity contribution in [2.24, 2.45) is 5.41 Å². The van der Waals surface area contributed by atoms with Gasteiger partial charge in [-0.15, -0.1) is 0 Å². The van der Waals surface area contributed by atoms with E-state index in [0.717, 1.165) is 25.2 Å². The van der Waals surface area contributed by atoms with Gasteiger partial charge in [-0.25, -0.2) is 17.6 Å². The number of rotatable bonds is 4. The van der Waals surface area contributed by atoms with Crippen molar-refractivity contribution in [2.75, 3.05) is 39.4 Å². The van der Waals surface area contributed by atoms with Crippen molar-refractivity contribution in [1.29, 1.82) is 0 Å². The first-order valence-electron chi connectivity index (χ1n) is 11.2. The molecule has 0 saturated carbocycles. The number of carboxylic acid groups (broad SMARTS) is 1. The van der Waals surface area contributed by atoms with Gasteiger partial charge >= 0.3 is 12.1 Å². The summed E-state index contributed by atoms with van der Waals surface area (Å²) in [6.45, 7) is 4.55. The third-order valence-corrected chi connectivity index (χ3v) is 8.06. The normalized spacial score (nSPS) is 19.2. The smallest absolute Gasteiger partial charge is 0.475 e. The molecule has 0 atom stereocenters. The summed E-state index contributed by atoms with van der Waals surface area (Å²) in [5.41, 5.74) is 1.07. The average Bonchev–Trinajstić information content (AvgIpc) is 3.02. The molecule has 2 aromatic rings. The third kappa shape index (κ3) is 7.21. The van der Waals surface area contributed by atoms with Gasteiger partial charge in [0.2, 0.25) is 10.0 Å². The second kappa shape index (κ2) is 11.6. The van der Waals surface area contributed by atoms with Gasteiger partial charge < -0.3 is 9.84 Å². The van der Waals surface area contributed by atoms with E-state index in [9.17, 15) is 26.0 Å². The molecule has 1 spiro atoms. The molecule has 1 aromatic heterocycles. The summed E-state index contributed by atoms with van der Waals surface area (Å²) >= 11 is 0.